The number of phenolic OH excluding ortho intramolecular Hbond substituents is 4. The Labute approximate surface area is 225 Å². The summed E-state index contributed by atoms with van der Waals surface area (Å²) in [5.41, 5.74) is 0.435. The van der Waals surface area contributed by atoms with Crippen molar-refractivity contribution >= 4 is 36.0 Å². The maximum absolute atomic E-state index is 12.5. The average Bonchev–Trinajstić information content (AvgIpc) is 2.91. The molecule has 2 aromatic carbocycles. The first-order chi connectivity index (χ1) is 18.8. The molecular weight excluding hydrogens is 536 g/mol. The SMILES string of the molecule is COC(=O)C(O)C(OC(=O)/C=C/c1ccc(O)c(O)c1)C(/C=C(\O)C(=O)O)OC(=O)/C=C/c1ccc(O)c(O)c1. The van der Waals surface area contributed by atoms with Crippen LogP contribution < -0.4 is 0 Å². The van der Waals surface area contributed by atoms with Crippen LogP contribution in [0, 0.1) is 0 Å². The zero-order valence-corrected chi connectivity index (χ0v) is 20.6. The van der Waals surface area contributed by atoms with Gasteiger partial charge in [-0.2, -0.15) is 0 Å². The van der Waals surface area contributed by atoms with Crippen LogP contribution in [-0.2, 0) is 33.4 Å². The van der Waals surface area contributed by atoms with Crippen LogP contribution in [0.25, 0.3) is 12.2 Å². The van der Waals surface area contributed by atoms with Crippen molar-refractivity contribution in [3.63, 3.8) is 0 Å². The van der Waals surface area contributed by atoms with Gasteiger partial charge in [-0.25, -0.2) is 19.2 Å². The molecule has 14 heteroatoms. The van der Waals surface area contributed by atoms with Crippen LogP contribution in [0.5, 0.6) is 23.0 Å². The first-order valence-electron chi connectivity index (χ1n) is 11.0. The Bertz CT molecular complexity index is 1360. The zero-order chi connectivity index (χ0) is 30.0. The van der Waals surface area contributed by atoms with E-state index in [1.54, 1.807) is 0 Å². The van der Waals surface area contributed by atoms with Gasteiger partial charge in [0.15, 0.2) is 41.3 Å². The molecule has 0 amide bonds. The first-order valence-corrected chi connectivity index (χ1v) is 11.0. The van der Waals surface area contributed by atoms with E-state index in [2.05, 4.69) is 4.74 Å². The minimum atomic E-state index is -2.34. The van der Waals surface area contributed by atoms with Gasteiger partial charge in [-0.15, -0.1) is 0 Å². The number of hydrogen-bond acceptors (Lipinski definition) is 13. The predicted octanol–water partition coefficient (Wildman–Crippen LogP) is 1.12. The molecule has 0 spiro atoms. The second kappa shape index (κ2) is 13.9. The Hall–Kier alpha value is -5.50. The number of carboxylic acid groups (broad SMARTS) is 1. The molecule has 0 saturated heterocycles. The van der Waals surface area contributed by atoms with Crippen molar-refractivity contribution in [2.75, 3.05) is 7.11 Å². The van der Waals surface area contributed by atoms with Crippen LogP contribution in [0.3, 0.4) is 0 Å². The van der Waals surface area contributed by atoms with E-state index in [4.69, 9.17) is 14.6 Å². The monoisotopic (exact) mass is 560 g/mol. The fourth-order valence-electron chi connectivity index (χ4n) is 2.95. The number of aromatic hydroxyl groups is 4. The molecule has 14 nitrogen and oxygen atoms in total. The maximum atomic E-state index is 12.5. The quantitative estimate of drug-likeness (QED) is 0.0670. The standard InChI is InChI=1S/C26H24O14/c1-38-26(37)23(34)24(40-22(33)9-5-14-3-7-16(28)18(30)11-14)20(12-19(31)25(35)36)39-21(32)8-4-13-2-6-15(27)17(29)10-13/h2-12,20,23-24,27-31,34H,1H3,(H,35,36)/b8-4+,9-5+,19-12-. The second-order valence-electron chi connectivity index (χ2n) is 7.79. The summed E-state index contributed by atoms with van der Waals surface area (Å²) in [7, 11) is 0.878. The average molecular weight is 560 g/mol. The lowest BCUT2D eigenvalue weighted by atomic mass is 10.1. The van der Waals surface area contributed by atoms with Gasteiger partial charge in [-0.05, 0) is 47.5 Å². The predicted molar refractivity (Wildman–Crippen MR) is 134 cm³/mol. The smallest absolute Gasteiger partial charge is 0.370 e. The van der Waals surface area contributed by atoms with Crippen molar-refractivity contribution in [2.24, 2.45) is 0 Å². The molecule has 0 fully saturated rings. The number of phenols is 4. The Kier molecular flexibility index (Phi) is 10.7. The van der Waals surface area contributed by atoms with Crippen LogP contribution >= 0.6 is 0 Å². The van der Waals surface area contributed by atoms with Crippen LogP contribution in [0.15, 0.2) is 60.4 Å². The summed E-state index contributed by atoms with van der Waals surface area (Å²) >= 11 is 0. The highest BCUT2D eigenvalue weighted by atomic mass is 16.6. The summed E-state index contributed by atoms with van der Waals surface area (Å²) in [6.07, 6.45) is -2.36. The van der Waals surface area contributed by atoms with Gasteiger partial charge in [-0.1, -0.05) is 12.1 Å². The molecule has 0 aliphatic heterocycles. The van der Waals surface area contributed by atoms with E-state index < -0.39 is 70.9 Å². The van der Waals surface area contributed by atoms with Gasteiger partial charge < -0.3 is 50.0 Å². The third kappa shape index (κ3) is 8.81. The number of aliphatic hydroxyl groups excluding tert-OH is 2. The Morgan fingerprint density at radius 1 is 0.750 bits per heavy atom. The van der Waals surface area contributed by atoms with Gasteiger partial charge >= 0.3 is 23.9 Å². The number of esters is 3. The topological polar surface area (TPSA) is 238 Å². The Morgan fingerprint density at radius 3 is 1.65 bits per heavy atom. The zero-order valence-electron chi connectivity index (χ0n) is 20.6. The highest BCUT2D eigenvalue weighted by molar-refractivity contribution is 5.89. The molecule has 40 heavy (non-hydrogen) atoms. The normalized spacial score (nSPS) is 13.9. The second-order valence-corrected chi connectivity index (χ2v) is 7.79. The number of aliphatic carboxylic acids is 1. The number of carbonyl (C=O) groups excluding carboxylic acids is 3. The van der Waals surface area contributed by atoms with Crippen molar-refractivity contribution < 1.29 is 69.1 Å². The van der Waals surface area contributed by atoms with Crippen LogP contribution in [0.2, 0.25) is 0 Å². The number of ether oxygens (including phenoxy) is 3. The van der Waals surface area contributed by atoms with Gasteiger partial charge in [0, 0.05) is 18.2 Å². The molecule has 3 atom stereocenters. The highest BCUT2D eigenvalue weighted by Crippen LogP contribution is 2.26. The van der Waals surface area contributed by atoms with E-state index in [1.165, 1.54) is 12.1 Å². The molecule has 0 bridgehead atoms. The summed E-state index contributed by atoms with van der Waals surface area (Å²) in [5.74, 6) is -8.97. The van der Waals surface area contributed by atoms with Crippen LogP contribution in [0.1, 0.15) is 11.1 Å². The molecule has 0 aliphatic rings. The third-order valence-electron chi connectivity index (χ3n) is 4.95. The number of aliphatic hydroxyl groups is 2. The van der Waals surface area contributed by atoms with Gasteiger partial charge in [0.2, 0.25) is 5.76 Å². The van der Waals surface area contributed by atoms with Crippen LogP contribution in [0.4, 0.5) is 0 Å². The molecular formula is C26H24O14. The van der Waals surface area contributed by atoms with Crippen molar-refractivity contribution in [2.45, 2.75) is 18.3 Å². The number of carbonyl (C=O) groups is 4. The van der Waals surface area contributed by atoms with E-state index in [-0.39, 0.29) is 11.1 Å². The molecule has 0 heterocycles. The van der Waals surface area contributed by atoms with Crippen molar-refractivity contribution in [1.29, 1.82) is 0 Å². The van der Waals surface area contributed by atoms with E-state index in [0.29, 0.717) is 6.08 Å². The number of methoxy groups -OCH3 is 1. The van der Waals surface area contributed by atoms with E-state index in [0.717, 1.165) is 55.7 Å². The molecule has 0 radical (unpaired) electrons. The summed E-state index contributed by atoms with van der Waals surface area (Å²) in [6.45, 7) is 0. The fourth-order valence-corrected chi connectivity index (χ4v) is 2.95. The van der Waals surface area contributed by atoms with Gasteiger partial charge in [-0.3, -0.25) is 0 Å². The molecule has 2 rings (SSSR count). The molecule has 2 aromatic rings. The first kappa shape index (κ1) is 30.7. The maximum Gasteiger partial charge on any atom is 0.370 e. The van der Waals surface area contributed by atoms with Gasteiger partial charge in [0.1, 0.15) is 0 Å². The summed E-state index contributed by atoms with van der Waals surface area (Å²) in [6, 6.07) is 7.09. The lowest BCUT2D eigenvalue weighted by molar-refractivity contribution is -0.177. The van der Waals surface area contributed by atoms with Crippen LogP contribution in [-0.4, -0.2) is 85.0 Å². The minimum absolute atomic E-state index is 0.217. The van der Waals surface area contributed by atoms with Crippen molar-refractivity contribution in [1.82, 2.24) is 0 Å². The number of carboxylic acids is 1. The summed E-state index contributed by atoms with van der Waals surface area (Å²) in [5, 5.41) is 67.1. The number of rotatable bonds is 11. The lowest BCUT2D eigenvalue weighted by Crippen LogP contribution is -2.47. The molecule has 0 aliphatic carbocycles. The largest absolute Gasteiger partial charge is 0.504 e. The highest BCUT2D eigenvalue weighted by Gasteiger charge is 2.39. The molecule has 7 N–H and O–H groups in total. The minimum Gasteiger partial charge on any atom is -0.504 e. The Morgan fingerprint density at radius 2 is 1.23 bits per heavy atom. The van der Waals surface area contributed by atoms with Crippen molar-refractivity contribution in [3.05, 3.63) is 71.5 Å². The Balaban J connectivity index is 2.37. The lowest BCUT2D eigenvalue weighted by Gasteiger charge is -2.26. The van der Waals surface area contributed by atoms with Crippen molar-refractivity contribution in [3.8, 4) is 23.0 Å². The molecule has 212 valence electrons. The third-order valence-corrected chi connectivity index (χ3v) is 4.95. The molecule has 0 saturated carbocycles. The number of hydrogen-bond donors (Lipinski definition) is 7. The van der Waals surface area contributed by atoms with Gasteiger partial charge in [0.05, 0.1) is 7.11 Å². The summed E-state index contributed by atoms with van der Waals surface area (Å²) in [4.78, 5) is 48.2. The van der Waals surface area contributed by atoms with E-state index >= 15 is 0 Å². The molecule has 3 unspecified atom stereocenters. The van der Waals surface area contributed by atoms with E-state index in [9.17, 15) is 49.8 Å². The molecule has 0 aromatic heterocycles. The number of benzene rings is 2. The fraction of sp³-hybridized carbons (Fsp3) is 0.154. The summed E-state index contributed by atoms with van der Waals surface area (Å²) < 4.78 is 14.5. The van der Waals surface area contributed by atoms with Gasteiger partial charge in [0.25, 0.3) is 0 Å². The van der Waals surface area contributed by atoms with E-state index in [1.807, 2.05) is 0 Å².